The van der Waals surface area contributed by atoms with Crippen molar-refractivity contribution in [3.8, 4) is 11.8 Å². The van der Waals surface area contributed by atoms with Gasteiger partial charge in [0.15, 0.2) is 0 Å². The molecule has 2 aromatic rings. The highest BCUT2D eigenvalue weighted by atomic mass is 16.5. The molecule has 0 aliphatic heterocycles. The highest BCUT2D eigenvalue weighted by Gasteiger charge is 2.57. The van der Waals surface area contributed by atoms with Gasteiger partial charge in [-0.1, -0.05) is 25.7 Å². The minimum absolute atomic E-state index is 0.0701. The monoisotopic (exact) mass is 532 g/mol. The van der Waals surface area contributed by atoms with Gasteiger partial charge in [-0.15, -0.1) is 0 Å². The Hall–Kier alpha value is -3.71. The molecule has 6 N–H and O–H groups in total. The first-order chi connectivity index (χ1) is 18.6. The van der Waals surface area contributed by atoms with Crippen LogP contribution in [0.15, 0.2) is 48.5 Å². The van der Waals surface area contributed by atoms with Crippen molar-refractivity contribution in [1.29, 1.82) is 0 Å². The van der Waals surface area contributed by atoms with Gasteiger partial charge in [-0.25, -0.2) is 5.48 Å². The van der Waals surface area contributed by atoms with Gasteiger partial charge in [0, 0.05) is 22.4 Å². The molecule has 2 bridgehead atoms. The second-order valence-corrected chi connectivity index (χ2v) is 11.1. The lowest BCUT2D eigenvalue weighted by molar-refractivity contribution is -0.133. The highest BCUT2D eigenvalue weighted by Crippen LogP contribution is 2.64. The summed E-state index contributed by atoms with van der Waals surface area (Å²) in [5.74, 6) is 6.81. The average Bonchev–Trinajstić information content (AvgIpc) is 3.47. The minimum Gasteiger partial charge on any atom is -0.391 e. The molecule has 9 nitrogen and oxygen atoms in total. The van der Waals surface area contributed by atoms with E-state index < -0.39 is 24.0 Å². The minimum atomic E-state index is -1.29. The molecule has 206 valence electrons. The van der Waals surface area contributed by atoms with E-state index in [1.54, 1.807) is 24.3 Å². The van der Waals surface area contributed by atoms with Crippen LogP contribution in [0, 0.1) is 35.0 Å². The summed E-state index contributed by atoms with van der Waals surface area (Å²) in [6.07, 6.45) is 1.41. The van der Waals surface area contributed by atoms with E-state index in [9.17, 15) is 19.5 Å². The van der Waals surface area contributed by atoms with Gasteiger partial charge in [0.1, 0.15) is 6.04 Å². The van der Waals surface area contributed by atoms with Gasteiger partial charge in [-0.3, -0.25) is 19.6 Å². The number of hydrogen-bond donors (Lipinski definition) is 6. The number of aliphatic hydroxyl groups excluding tert-OH is 1. The van der Waals surface area contributed by atoms with Gasteiger partial charge in [0.25, 0.3) is 11.8 Å². The quantitative estimate of drug-likeness (QED) is 0.166. The predicted octanol–water partition coefficient (Wildman–Crippen LogP) is 2.28. The van der Waals surface area contributed by atoms with Crippen molar-refractivity contribution in [3.05, 3.63) is 65.2 Å². The third-order valence-corrected chi connectivity index (χ3v) is 8.22. The van der Waals surface area contributed by atoms with Gasteiger partial charge in [-0.2, -0.15) is 0 Å². The zero-order valence-electron chi connectivity index (χ0n) is 22.5. The van der Waals surface area contributed by atoms with Gasteiger partial charge in [-0.05, 0) is 98.0 Å². The molecule has 5 rings (SSSR count). The molecule has 0 unspecified atom stereocenters. The van der Waals surface area contributed by atoms with Crippen molar-refractivity contribution in [2.24, 2.45) is 23.2 Å². The number of carbonyl (C=O) groups excluding carboxylic acids is 3. The van der Waals surface area contributed by atoms with Crippen molar-refractivity contribution in [2.75, 3.05) is 18.4 Å². The summed E-state index contributed by atoms with van der Waals surface area (Å²) in [5, 5.41) is 27.0. The first-order valence-corrected chi connectivity index (χ1v) is 13.2. The summed E-state index contributed by atoms with van der Waals surface area (Å²) in [6.45, 7) is 7.24. The first kappa shape index (κ1) is 28.3. The number of hydroxylamine groups is 1. The molecule has 0 saturated heterocycles. The van der Waals surface area contributed by atoms with Crippen LogP contribution in [0.1, 0.15) is 55.1 Å². The number of rotatable bonds is 9. The molecule has 3 aliphatic carbocycles. The molecular formula is C30H36N4O5. The second kappa shape index (κ2) is 12.0. The largest absolute Gasteiger partial charge is 0.391 e. The zero-order chi connectivity index (χ0) is 28.2. The van der Waals surface area contributed by atoms with Crippen LogP contribution in [0.4, 0.5) is 5.69 Å². The van der Waals surface area contributed by atoms with E-state index in [-0.39, 0.29) is 18.0 Å². The normalized spacial score (nSPS) is 21.9. The maximum absolute atomic E-state index is 12.4. The van der Waals surface area contributed by atoms with Crippen LogP contribution in [0.3, 0.4) is 0 Å². The predicted molar refractivity (Wildman–Crippen MR) is 147 cm³/mol. The van der Waals surface area contributed by atoms with Crippen LogP contribution < -0.4 is 21.4 Å². The van der Waals surface area contributed by atoms with Crippen molar-refractivity contribution in [3.63, 3.8) is 0 Å². The molecule has 3 amide bonds. The fourth-order valence-electron chi connectivity index (χ4n) is 5.77. The van der Waals surface area contributed by atoms with Crippen LogP contribution >= 0.6 is 0 Å². The Morgan fingerprint density at radius 3 is 2.13 bits per heavy atom. The smallest absolute Gasteiger partial charge is 0.268 e. The number of amides is 3. The van der Waals surface area contributed by atoms with Crippen molar-refractivity contribution in [2.45, 2.75) is 45.8 Å². The van der Waals surface area contributed by atoms with Crippen LogP contribution in [0.5, 0.6) is 0 Å². The van der Waals surface area contributed by atoms with E-state index in [2.05, 4.69) is 41.6 Å². The Bertz CT molecular complexity index is 1260. The fraction of sp³-hybridized carbons (Fsp3) is 0.433. The summed E-state index contributed by atoms with van der Waals surface area (Å²) in [4.78, 5) is 36.3. The Morgan fingerprint density at radius 2 is 1.62 bits per heavy atom. The number of anilines is 1. The SMILES string of the molecule is C[C@@H](O)[C@H](NC(=O)c1ccc(C#Cc2ccc(NC(=O)CNC[C@@H]3C[C@H]4C[C@@H]3C4(C)C)cc2)cc1)C(=O)NO. The van der Waals surface area contributed by atoms with Crippen LogP contribution in [-0.2, 0) is 9.59 Å². The summed E-state index contributed by atoms with van der Waals surface area (Å²) in [6, 6.07) is 12.4. The maximum atomic E-state index is 12.4. The van der Waals surface area contributed by atoms with Crippen molar-refractivity contribution in [1.82, 2.24) is 16.1 Å². The number of hydrogen-bond acceptors (Lipinski definition) is 6. The Morgan fingerprint density at radius 1 is 1.00 bits per heavy atom. The van der Waals surface area contributed by atoms with E-state index >= 15 is 0 Å². The zero-order valence-corrected chi connectivity index (χ0v) is 22.5. The van der Waals surface area contributed by atoms with Gasteiger partial charge in [0.05, 0.1) is 12.6 Å². The fourth-order valence-corrected chi connectivity index (χ4v) is 5.77. The van der Waals surface area contributed by atoms with E-state index in [4.69, 9.17) is 5.21 Å². The Labute approximate surface area is 228 Å². The lowest BCUT2D eigenvalue weighted by atomic mass is 9.60. The van der Waals surface area contributed by atoms with E-state index in [1.807, 2.05) is 24.3 Å². The third-order valence-electron chi connectivity index (χ3n) is 8.22. The number of carbonyl (C=O) groups is 3. The molecule has 39 heavy (non-hydrogen) atoms. The molecule has 9 heteroatoms. The summed E-state index contributed by atoms with van der Waals surface area (Å²) < 4.78 is 0. The topological polar surface area (TPSA) is 140 Å². The number of fused-ring (bicyclic) bond motifs is 1. The van der Waals surface area contributed by atoms with Crippen molar-refractivity contribution < 1.29 is 24.7 Å². The molecule has 3 fully saturated rings. The lowest BCUT2D eigenvalue weighted by Crippen LogP contribution is -2.51. The summed E-state index contributed by atoms with van der Waals surface area (Å²) in [5.41, 5.74) is 4.31. The molecule has 0 aromatic heterocycles. The van der Waals surface area contributed by atoms with Gasteiger partial charge in [0.2, 0.25) is 5.91 Å². The van der Waals surface area contributed by atoms with Gasteiger partial charge >= 0.3 is 0 Å². The van der Waals surface area contributed by atoms with E-state index in [0.717, 1.165) is 23.9 Å². The molecular weight excluding hydrogens is 496 g/mol. The molecule has 3 saturated carbocycles. The Kier molecular flexibility index (Phi) is 8.70. The number of benzene rings is 2. The van der Waals surface area contributed by atoms with Crippen molar-refractivity contribution >= 4 is 23.4 Å². The molecule has 0 radical (unpaired) electrons. The standard InChI is InChI=1S/C30H36N4O5/c1-18(35)27(29(38)34-39)33-28(37)21-10-6-19(7-11-21)4-5-20-8-12-24(13-9-20)32-26(36)17-31-16-22-14-23-15-25(22)30(23,2)3/h6-13,18,22-23,25,27,31,35,39H,14-17H2,1-3H3,(H,32,36)(H,33,37)(H,34,38)/t18-,22+,23+,25+,27+/m1/s1. The second-order valence-electron chi connectivity index (χ2n) is 11.1. The summed E-state index contributed by atoms with van der Waals surface area (Å²) >= 11 is 0. The maximum Gasteiger partial charge on any atom is 0.268 e. The lowest BCUT2D eigenvalue weighted by Gasteiger charge is -2.45. The van der Waals surface area contributed by atoms with Gasteiger partial charge < -0.3 is 21.1 Å². The number of aliphatic hydroxyl groups is 1. The summed E-state index contributed by atoms with van der Waals surface area (Å²) in [7, 11) is 0. The van der Waals surface area contributed by atoms with E-state index in [1.165, 1.54) is 25.2 Å². The van der Waals surface area contributed by atoms with Crippen LogP contribution in [-0.4, -0.2) is 53.3 Å². The van der Waals surface area contributed by atoms with E-state index in [0.29, 0.717) is 22.6 Å². The van der Waals surface area contributed by atoms with Crippen LogP contribution in [0.2, 0.25) is 0 Å². The highest BCUT2D eigenvalue weighted by molar-refractivity contribution is 5.97. The first-order valence-electron chi connectivity index (χ1n) is 13.2. The molecule has 0 spiro atoms. The third kappa shape index (κ3) is 6.66. The molecule has 5 atom stereocenters. The molecule has 3 aliphatic rings. The van der Waals surface area contributed by atoms with Crippen LogP contribution in [0.25, 0.3) is 0 Å². The average molecular weight is 533 g/mol. The molecule has 2 aromatic carbocycles. The number of nitrogens with one attached hydrogen (secondary N) is 4. The molecule has 0 heterocycles. The Balaban J connectivity index is 1.23.